The Labute approximate surface area is 87.7 Å². The van der Waals surface area contributed by atoms with E-state index in [1.165, 1.54) is 11.8 Å². The fourth-order valence-electron chi connectivity index (χ4n) is 0.979. The quantitative estimate of drug-likeness (QED) is 0.744. The second-order valence-electron chi connectivity index (χ2n) is 3.35. The number of hydrogen-bond donors (Lipinski definition) is 2. The highest BCUT2D eigenvalue weighted by molar-refractivity contribution is 5.93. The van der Waals surface area contributed by atoms with Gasteiger partial charge in [-0.05, 0) is 6.92 Å². The van der Waals surface area contributed by atoms with Gasteiger partial charge in [-0.15, -0.1) is 0 Å². The molecule has 0 saturated heterocycles. The predicted octanol–water partition coefficient (Wildman–Crippen LogP) is 0.135. The van der Waals surface area contributed by atoms with Crippen molar-refractivity contribution < 1.29 is 9.59 Å². The molecule has 2 N–H and O–H groups in total. The molecular formula is C9H14N4O2. The first-order valence-electron chi connectivity index (χ1n) is 4.52. The Morgan fingerprint density at radius 2 is 2.27 bits per heavy atom. The van der Waals surface area contributed by atoms with Gasteiger partial charge >= 0.3 is 0 Å². The normalized spacial score (nSPS) is 9.80. The lowest BCUT2D eigenvalue weighted by Gasteiger charge is -2.13. The maximum Gasteiger partial charge on any atom is 0.245 e. The van der Waals surface area contributed by atoms with Gasteiger partial charge in [0, 0.05) is 19.5 Å². The van der Waals surface area contributed by atoms with Gasteiger partial charge in [0.05, 0.1) is 12.7 Å². The lowest BCUT2D eigenvalue weighted by molar-refractivity contribution is -0.131. The van der Waals surface area contributed by atoms with Gasteiger partial charge in [-0.25, -0.2) is 0 Å². The average molecular weight is 210 g/mol. The fraction of sp³-hybridized carbons (Fsp3) is 0.444. The summed E-state index contributed by atoms with van der Waals surface area (Å²) in [6.45, 7) is 3.27. The molecule has 0 aliphatic rings. The highest BCUT2D eigenvalue weighted by atomic mass is 16.2. The van der Waals surface area contributed by atoms with Crippen molar-refractivity contribution >= 4 is 17.6 Å². The molecule has 0 bridgehead atoms. The van der Waals surface area contributed by atoms with Gasteiger partial charge in [-0.3, -0.25) is 14.7 Å². The van der Waals surface area contributed by atoms with E-state index >= 15 is 0 Å². The molecule has 0 aliphatic carbocycles. The van der Waals surface area contributed by atoms with E-state index in [0.717, 1.165) is 5.56 Å². The molecule has 1 heterocycles. The summed E-state index contributed by atoms with van der Waals surface area (Å²) < 4.78 is 0. The number of hydrogen-bond acceptors (Lipinski definition) is 3. The number of rotatable bonds is 3. The van der Waals surface area contributed by atoms with Gasteiger partial charge in [0.2, 0.25) is 11.8 Å². The molecule has 0 saturated carbocycles. The van der Waals surface area contributed by atoms with Crippen LogP contribution in [0.3, 0.4) is 0 Å². The van der Waals surface area contributed by atoms with Crippen molar-refractivity contribution in [1.29, 1.82) is 0 Å². The van der Waals surface area contributed by atoms with Gasteiger partial charge < -0.3 is 10.2 Å². The minimum absolute atomic E-state index is 0.0355. The van der Waals surface area contributed by atoms with Crippen LogP contribution in [0.15, 0.2) is 6.20 Å². The number of nitrogens with one attached hydrogen (secondary N) is 2. The topological polar surface area (TPSA) is 78.1 Å². The molecule has 0 fully saturated rings. The minimum Gasteiger partial charge on any atom is -0.337 e. The number of likely N-dealkylation sites (N-methyl/N-ethyl adjacent to an activating group) is 1. The van der Waals surface area contributed by atoms with E-state index in [0.29, 0.717) is 5.82 Å². The molecule has 0 unspecified atom stereocenters. The zero-order valence-corrected chi connectivity index (χ0v) is 9.00. The van der Waals surface area contributed by atoms with E-state index in [9.17, 15) is 9.59 Å². The van der Waals surface area contributed by atoms with Crippen LogP contribution in [-0.4, -0.2) is 40.5 Å². The number of carbonyl (C=O) groups is 2. The van der Waals surface area contributed by atoms with Crippen LogP contribution in [0.4, 0.5) is 5.82 Å². The number of amides is 2. The number of nitrogens with zero attached hydrogens (tertiary/aromatic N) is 2. The summed E-state index contributed by atoms with van der Waals surface area (Å²) in [4.78, 5) is 23.6. The van der Waals surface area contributed by atoms with Gasteiger partial charge in [-0.2, -0.15) is 5.10 Å². The second kappa shape index (κ2) is 4.59. The van der Waals surface area contributed by atoms with E-state index < -0.39 is 0 Å². The van der Waals surface area contributed by atoms with Crippen molar-refractivity contribution in [2.75, 3.05) is 18.9 Å². The lowest BCUT2D eigenvalue weighted by Crippen LogP contribution is -2.33. The van der Waals surface area contributed by atoms with Crippen molar-refractivity contribution in [3.05, 3.63) is 11.8 Å². The molecule has 1 aromatic heterocycles. The van der Waals surface area contributed by atoms with Crippen LogP contribution in [0.2, 0.25) is 0 Å². The molecule has 15 heavy (non-hydrogen) atoms. The first-order chi connectivity index (χ1) is 7.00. The molecule has 0 radical (unpaired) electrons. The molecule has 82 valence electrons. The molecule has 6 nitrogen and oxygen atoms in total. The van der Waals surface area contributed by atoms with Crippen molar-refractivity contribution in [3.8, 4) is 0 Å². The third kappa shape index (κ3) is 3.08. The minimum atomic E-state index is -0.250. The standard InChI is InChI=1S/C9H14N4O2/c1-6-4-10-12-9(6)11-8(15)5-13(3)7(2)14/h4H,5H2,1-3H3,(H2,10,11,12,15). The van der Waals surface area contributed by atoms with E-state index in [2.05, 4.69) is 15.5 Å². The zero-order chi connectivity index (χ0) is 11.4. The highest BCUT2D eigenvalue weighted by Gasteiger charge is 2.10. The number of carbonyl (C=O) groups excluding carboxylic acids is 2. The Balaban J connectivity index is 2.50. The van der Waals surface area contributed by atoms with E-state index in [1.54, 1.807) is 13.2 Å². The summed E-state index contributed by atoms with van der Waals surface area (Å²) in [6.07, 6.45) is 1.62. The summed E-state index contributed by atoms with van der Waals surface area (Å²) in [5, 5.41) is 9.05. The summed E-state index contributed by atoms with van der Waals surface area (Å²) in [5.41, 5.74) is 0.855. The van der Waals surface area contributed by atoms with E-state index in [4.69, 9.17) is 0 Å². The van der Waals surface area contributed by atoms with Crippen molar-refractivity contribution in [2.45, 2.75) is 13.8 Å². The molecule has 6 heteroatoms. The number of H-pyrrole nitrogens is 1. The van der Waals surface area contributed by atoms with Crippen LogP contribution in [0.25, 0.3) is 0 Å². The lowest BCUT2D eigenvalue weighted by atomic mass is 10.3. The molecule has 2 amide bonds. The average Bonchev–Trinajstić information content (AvgIpc) is 2.51. The summed E-state index contributed by atoms with van der Waals surface area (Å²) in [7, 11) is 1.57. The van der Waals surface area contributed by atoms with Crippen LogP contribution in [0, 0.1) is 6.92 Å². The molecule has 0 aliphatic heterocycles. The maximum atomic E-state index is 11.4. The first-order valence-corrected chi connectivity index (χ1v) is 4.52. The SMILES string of the molecule is CC(=O)N(C)CC(=O)Nc1[nH]ncc1C. The smallest absolute Gasteiger partial charge is 0.245 e. The number of anilines is 1. The second-order valence-corrected chi connectivity index (χ2v) is 3.35. The Bertz CT molecular complexity index is 372. The largest absolute Gasteiger partial charge is 0.337 e. The molecule has 0 spiro atoms. The molecule has 0 aromatic carbocycles. The van der Waals surface area contributed by atoms with Gasteiger partial charge in [-0.1, -0.05) is 0 Å². The van der Waals surface area contributed by atoms with Crippen molar-refractivity contribution in [2.24, 2.45) is 0 Å². The third-order valence-corrected chi connectivity index (χ3v) is 2.01. The fourth-order valence-corrected chi connectivity index (χ4v) is 0.979. The zero-order valence-electron chi connectivity index (χ0n) is 9.00. The Kier molecular flexibility index (Phi) is 3.43. The highest BCUT2D eigenvalue weighted by Crippen LogP contribution is 2.07. The summed E-state index contributed by atoms with van der Waals surface area (Å²) in [5.74, 6) is 0.170. The van der Waals surface area contributed by atoms with Crippen molar-refractivity contribution in [3.63, 3.8) is 0 Å². The first kappa shape index (κ1) is 11.2. The Morgan fingerprint density at radius 3 is 2.73 bits per heavy atom. The van der Waals surface area contributed by atoms with Crippen LogP contribution >= 0.6 is 0 Å². The maximum absolute atomic E-state index is 11.4. The number of aromatic nitrogens is 2. The van der Waals surface area contributed by atoms with Crippen LogP contribution in [0.5, 0.6) is 0 Å². The van der Waals surface area contributed by atoms with Crippen LogP contribution < -0.4 is 5.32 Å². The van der Waals surface area contributed by atoms with Gasteiger partial charge in [0.25, 0.3) is 0 Å². The number of aryl methyl sites for hydroxylation is 1. The molecule has 1 rings (SSSR count). The van der Waals surface area contributed by atoms with Crippen LogP contribution in [-0.2, 0) is 9.59 Å². The molecule has 0 atom stereocenters. The summed E-state index contributed by atoms with van der Waals surface area (Å²) >= 11 is 0. The molecular weight excluding hydrogens is 196 g/mol. The predicted molar refractivity (Wildman–Crippen MR) is 55.3 cm³/mol. The van der Waals surface area contributed by atoms with Crippen LogP contribution in [0.1, 0.15) is 12.5 Å². The van der Waals surface area contributed by atoms with E-state index in [-0.39, 0.29) is 18.4 Å². The monoisotopic (exact) mass is 210 g/mol. The van der Waals surface area contributed by atoms with E-state index in [1.807, 2.05) is 6.92 Å². The Hall–Kier alpha value is -1.85. The van der Waals surface area contributed by atoms with Gasteiger partial charge in [0.15, 0.2) is 0 Å². The summed E-state index contributed by atoms with van der Waals surface area (Å²) in [6, 6.07) is 0. The van der Waals surface area contributed by atoms with Gasteiger partial charge in [0.1, 0.15) is 5.82 Å². The van der Waals surface area contributed by atoms with Crippen molar-refractivity contribution in [1.82, 2.24) is 15.1 Å². The molecule has 1 aromatic rings. The Morgan fingerprint density at radius 1 is 1.60 bits per heavy atom. The number of aromatic amines is 1. The third-order valence-electron chi connectivity index (χ3n) is 2.01.